The molecule has 1 aromatic heterocycles. The maximum absolute atomic E-state index is 12.2. The molecule has 0 bridgehead atoms. The van der Waals surface area contributed by atoms with E-state index < -0.39 is 17.9 Å². The standard InChI is InChI=1S/C20H23Cl2N3O3/c1-12(2)18(20(27)28-4)23-17(26)10-9-16-13(3)24-25(19(16)22)11-14-5-7-15(21)8-6-14/h5-10,12,18H,11H2,1-4H3,(H,23,26)/b10-9+/t18-/m0/s1. The first-order chi connectivity index (χ1) is 13.2. The molecule has 0 aliphatic heterocycles. The molecular formula is C20H23Cl2N3O3. The minimum atomic E-state index is -0.716. The molecule has 0 saturated carbocycles. The van der Waals surface area contributed by atoms with E-state index in [9.17, 15) is 9.59 Å². The van der Waals surface area contributed by atoms with Crippen LogP contribution in [0.5, 0.6) is 0 Å². The van der Waals surface area contributed by atoms with Gasteiger partial charge in [-0.05, 0) is 36.6 Å². The molecular weight excluding hydrogens is 401 g/mol. The highest BCUT2D eigenvalue weighted by Crippen LogP contribution is 2.22. The molecule has 2 rings (SSSR count). The number of carbonyl (C=O) groups is 2. The van der Waals surface area contributed by atoms with Gasteiger partial charge in [-0.15, -0.1) is 0 Å². The van der Waals surface area contributed by atoms with Crippen LogP contribution in [0.2, 0.25) is 10.2 Å². The van der Waals surface area contributed by atoms with Crippen LogP contribution < -0.4 is 5.32 Å². The van der Waals surface area contributed by atoms with Gasteiger partial charge in [-0.1, -0.05) is 49.2 Å². The summed E-state index contributed by atoms with van der Waals surface area (Å²) in [4.78, 5) is 24.0. The number of methoxy groups -OCH3 is 1. The van der Waals surface area contributed by atoms with Crippen molar-refractivity contribution in [1.29, 1.82) is 0 Å². The Morgan fingerprint density at radius 1 is 1.25 bits per heavy atom. The lowest BCUT2D eigenvalue weighted by Crippen LogP contribution is -2.44. The largest absolute Gasteiger partial charge is 0.467 e. The van der Waals surface area contributed by atoms with Crippen molar-refractivity contribution < 1.29 is 14.3 Å². The average molecular weight is 424 g/mol. The maximum Gasteiger partial charge on any atom is 0.328 e. The zero-order chi connectivity index (χ0) is 20.8. The molecule has 8 heteroatoms. The van der Waals surface area contributed by atoms with Gasteiger partial charge in [0.15, 0.2) is 0 Å². The molecule has 0 fully saturated rings. The first-order valence-corrected chi connectivity index (χ1v) is 9.52. The fourth-order valence-electron chi connectivity index (χ4n) is 2.61. The fourth-order valence-corrected chi connectivity index (χ4v) is 3.03. The number of aromatic nitrogens is 2. The van der Waals surface area contributed by atoms with Crippen molar-refractivity contribution >= 4 is 41.2 Å². The Morgan fingerprint density at radius 3 is 2.46 bits per heavy atom. The molecule has 1 aromatic carbocycles. The molecule has 1 N–H and O–H groups in total. The Balaban J connectivity index is 2.13. The molecule has 0 saturated heterocycles. The summed E-state index contributed by atoms with van der Waals surface area (Å²) in [6, 6.07) is 6.69. The lowest BCUT2D eigenvalue weighted by Gasteiger charge is -2.18. The van der Waals surface area contributed by atoms with Gasteiger partial charge in [-0.3, -0.25) is 4.79 Å². The Bertz CT molecular complexity index is 874. The Morgan fingerprint density at radius 2 is 1.89 bits per heavy atom. The number of carbonyl (C=O) groups excluding carboxylic acids is 2. The smallest absolute Gasteiger partial charge is 0.328 e. The van der Waals surface area contributed by atoms with E-state index in [-0.39, 0.29) is 5.92 Å². The Kier molecular flexibility index (Phi) is 7.66. The maximum atomic E-state index is 12.2. The second-order valence-electron chi connectivity index (χ2n) is 6.66. The van der Waals surface area contributed by atoms with Crippen LogP contribution in [0.4, 0.5) is 0 Å². The van der Waals surface area contributed by atoms with Crippen molar-refractivity contribution in [3.63, 3.8) is 0 Å². The van der Waals surface area contributed by atoms with Crippen molar-refractivity contribution in [1.82, 2.24) is 15.1 Å². The zero-order valence-corrected chi connectivity index (χ0v) is 17.7. The number of ether oxygens (including phenoxy) is 1. The SMILES string of the molecule is COC(=O)[C@@H](NC(=O)/C=C/c1c(C)nn(Cc2ccc(Cl)cc2)c1Cl)C(C)C. The molecule has 1 atom stereocenters. The first kappa shape index (κ1) is 22.0. The number of halogens is 2. The van der Waals surface area contributed by atoms with Crippen LogP contribution in [0.1, 0.15) is 30.7 Å². The number of amides is 1. The van der Waals surface area contributed by atoms with E-state index in [1.165, 1.54) is 13.2 Å². The third-order valence-electron chi connectivity index (χ3n) is 4.18. The van der Waals surface area contributed by atoms with Crippen LogP contribution in [0.25, 0.3) is 6.08 Å². The van der Waals surface area contributed by atoms with Crippen molar-refractivity contribution in [2.45, 2.75) is 33.4 Å². The Hall–Kier alpha value is -2.31. The van der Waals surface area contributed by atoms with E-state index in [0.29, 0.717) is 28.0 Å². The number of nitrogens with one attached hydrogen (secondary N) is 1. The number of rotatable bonds is 7. The monoisotopic (exact) mass is 423 g/mol. The van der Waals surface area contributed by atoms with Crippen molar-refractivity contribution in [2.75, 3.05) is 7.11 Å². The van der Waals surface area contributed by atoms with Crippen molar-refractivity contribution in [3.8, 4) is 0 Å². The van der Waals surface area contributed by atoms with Crippen LogP contribution >= 0.6 is 23.2 Å². The van der Waals surface area contributed by atoms with Gasteiger partial charge in [0.25, 0.3) is 0 Å². The molecule has 2 aromatic rings. The molecule has 0 radical (unpaired) electrons. The van der Waals surface area contributed by atoms with Crippen LogP contribution in [0.3, 0.4) is 0 Å². The quantitative estimate of drug-likeness (QED) is 0.541. The summed E-state index contributed by atoms with van der Waals surface area (Å²) < 4.78 is 6.38. The van der Waals surface area contributed by atoms with Crippen LogP contribution in [0.15, 0.2) is 30.3 Å². The van der Waals surface area contributed by atoms with Crippen molar-refractivity contribution in [2.24, 2.45) is 5.92 Å². The zero-order valence-electron chi connectivity index (χ0n) is 16.2. The number of aryl methyl sites for hydroxylation is 1. The summed E-state index contributed by atoms with van der Waals surface area (Å²) in [7, 11) is 1.29. The van der Waals surface area contributed by atoms with Gasteiger partial charge in [0.05, 0.1) is 19.3 Å². The minimum absolute atomic E-state index is 0.0998. The fraction of sp³-hybridized carbons (Fsp3) is 0.350. The summed E-state index contributed by atoms with van der Waals surface area (Å²) in [6.45, 7) is 5.95. The van der Waals surface area contributed by atoms with Gasteiger partial charge in [-0.2, -0.15) is 5.10 Å². The van der Waals surface area contributed by atoms with Gasteiger partial charge in [-0.25, -0.2) is 9.48 Å². The second-order valence-corrected chi connectivity index (χ2v) is 7.46. The van der Waals surface area contributed by atoms with Gasteiger partial charge < -0.3 is 10.1 Å². The number of nitrogens with zero attached hydrogens (tertiary/aromatic N) is 2. The molecule has 0 aliphatic carbocycles. The third kappa shape index (κ3) is 5.59. The third-order valence-corrected chi connectivity index (χ3v) is 4.83. The first-order valence-electron chi connectivity index (χ1n) is 8.76. The highest BCUT2D eigenvalue weighted by atomic mass is 35.5. The predicted octanol–water partition coefficient (Wildman–Crippen LogP) is 3.87. The van der Waals surface area contributed by atoms with E-state index in [2.05, 4.69) is 10.4 Å². The number of hydrogen-bond donors (Lipinski definition) is 1. The molecule has 0 unspecified atom stereocenters. The summed E-state index contributed by atoms with van der Waals surface area (Å²) >= 11 is 12.3. The number of hydrogen-bond acceptors (Lipinski definition) is 4. The lowest BCUT2D eigenvalue weighted by molar-refractivity contribution is -0.145. The normalized spacial score (nSPS) is 12.4. The van der Waals surface area contributed by atoms with Crippen LogP contribution in [0, 0.1) is 12.8 Å². The van der Waals surface area contributed by atoms with Gasteiger partial charge >= 0.3 is 5.97 Å². The Labute approximate surface area is 174 Å². The van der Waals surface area contributed by atoms with Gasteiger partial charge in [0, 0.05) is 16.7 Å². The van der Waals surface area contributed by atoms with E-state index in [1.807, 2.05) is 32.9 Å². The van der Waals surface area contributed by atoms with E-state index in [1.54, 1.807) is 22.9 Å². The van der Waals surface area contributed by atoms with Gasteiger partial charge in [0.1, 0.15) is 11.2 Å². The molecule has 6 nitrogen and oxygen atoms in total. The predicted molar refractivity (Wildman–Crippen MR) is 110 cm³/mol. The molecule has 0 aliphatic rings. The van der Waals surface area contributed by atoms with E-state index in [4.69, 9.17) is 27.9 Å². The topological polar surface area (TPSA) is 73.2 Å². The van der Waals surface area contributed by atoms with Crippen molar-refractivity contribution in [3.05, 3.63) is 57.3 Å². The highest BCUT2D eigenvalue weighted by Gasteiger charge is 2.24. The summed E-state index contributed by atoms with van der Waals surface area (Å²) in [5.41, 5.74) is 2.33. The minimum Gasteiger partial charge on any atom is -0.467 e. The summed E-state index contributed by atoms with van der Waals surface area (Å²) in [5, 5.41) is 8.16. The molecule has 150 valence electrons. The summed E-state index contributed by atoms with van der Waals surface area (Å²) in [5.74, 6) is -0.996. The molecule has 1 heterocycles. The summed E-state index contributed by atoms with van der Waals surface area (Å²) in [6.07, 6.45) is 2.92. The van der Waals surface area contributed by atoms with E-state index in [0.717, 1.165) is 5.56 Å². The van der Waals surface area contributed by atoms with Crippen LogP contribution in [-0.4, -0.2) is 34.8 Å². The highest BCUT2D eigenvalue weighted by molar-refractivity contribution is 6.31. The number of esters is 1. The number of benzene rings is 1. The van der Waals surface area contributed by atoms with Gasteiger partial charge in [0.2, 0.25) is 5.91 Å². The second kappa shape index (κ2) is 9.75. The lowest BCUT2D eigenvalue weighted by atomic mass is 10.0. The van der Waals surface area contributed by atoms with E-state index >= 15 is 0 Å². The molecule has 28 heavy (non-hydrogen) atoms. The molecule has 0 spiro atoms. The van der Waals surface area contributed by atoms with Crippen LogP contribution in [-0.2, 0) is 20.9 Å². The molecule has 1 amide bonds. The average Bonchev–Trinajstić information content (AvgIpc) is 2.92.